The van der Waals surface area contributed by atoms with Gasteiger partial charge in [-0.25, -0.2) is 4.39 Å². The molecule has 1 N–H and O–H groups in total. The van der Waals surface area contributed by atoms with Gasteiger partial charge >= 0.3 is 5.97 Å². The Morgan fingerprint density at radius 1 is 1.32 bits per heavy atom. The molecule has 1 aromatic carbocycles. The minimum Gasteiger partial charge on any atom is -0.481 e. The number of benzene rings is 1. The number of carboxylic acid groups (broad SMARTS) is 1. The van der Waals surface area contributed by atoms with Crippen molar-refractivity contribution in [3.63, 3.8) is 0 Å². The molecular weight excluding hydrogens is 249 g/mol. The molecule has 2 unspecified atom stereocenters. The van der Waals surface area contributed by atoms with Crippen LogP contribution in [-0.2, 0) is 9.59 Å². The molecule has 0 aromatic heterocycles. The summed E-state index contributed by atoms with van der Waals surface area (Å²) in [6.07, 6.45) is 0. The lowest BCUT2D eigenvalue weighted by molar-refractivity contribution is -0.140. The third kappa shape index (κ3) is 2.20. The number of anilines is 1. The van der Waals surface area contributed by atoms with Crippen LogP contribution in [0.25, 0.3) is 0 Å². The van der Waals surface area contributed by atoms with Crippen LogP contribution in [0.15, 0.2) is 24.3 Å². The molecule has 102 valence electrons. The molecule has 1 aliphatic rings. The zero-order chi connectivity index (χ0) is 14.4. The van der Waals surface area contributed by atoms with E-state index in [9.17, 15) is 14.0 Å². The van der Waals surface area contributed by atoms with Gasteiger partial charge in [0.05, 0.1) is 11.8 Å². The molecule has 0 aliphatic heterocycles. The Morgan fingerprint density at radius 3 is 2.42 bits per heavy atom. The van der Waals surface area contributed by atoms with Gasteiger partial charge in [0.1, 0.15) is 5.82 Å². The Balaban J connectivity index is 2.20. The largest absolute Gasteiger partial charge is 0.481 e. The Morgan fingerprint density at radius 2 is 1.95 bits per heavy atom. The number of aliphatic carboxylic acids is 1. The molecule has 1 saturated carbocycles. The Hall–Kier alpha value is -1.91. The molecule has 0 radical (unpaired) electrons. The Bertz CT molecular complexity index is 541. The van der Waals surface area contributed by atoms with E-state index in [-0.39, 0.29) is 5.91 Å². The van der Waals surface area contributed by atoms with Crippen molar-refractivity contribution in [1.82, 2.24) is 0 Å². The lowest BCUT2D eigenvalue weighted by Gasteiger charge is -2.18. The third-order valence-corrected chi connectivity index (χ3v) is 3.89. The molecule has 4 nitrogen and oxygen atoms in total. The fourth-order valence-corrected chi connectivity index (χ4v) is 2.58. The first-order valence-corrected chi connectivity index (χ1v) is 6.02. The number of hydrogen-bond acceptors (Lipinski definition) is 2. The summed E-state index contributed by atoms with van der Waals surface area (Å²) in [5.74, 6) is -2.91. The minimum atomic E-state index is -0.962. The van der Waals surface area contributed by atoms with Crippen molar-refractivity contribution in [2.75, 3.05) is 11.9 Å². The first-order valence-electron chi connectivity index (χ1n) is 6.02. The molecular formula is C14H16FNO3. The molecule has 0 bridgehead atoms. The Labute approximate surface area is 110 Å². The average molecular weight is 265 g/mol. The number of rotatable bonds is 3. The summed E-state index contributed by atoms with van der Waals surface area (Å²) >= 11 is 0. The first-order chi connectivity index (χ1) is 8.76. The summed E-state index contributed by atoms with van der Waals surface area (Å²) in [5, 5.41) is 9.07. The number of nitrogens with zero attached hydrogens (tertiary/aromatic N) is 1. The van der Waals surface area contributed by atoms with Crippen LogP contribution in [0.2, 0.25) is 0 Å². The summed E-state index contributed by atoms with van der Waals surface area (Å²) in [4.78, 5) is 24.7. The first kappa shape index (κ1) is 13.5. The second kappa shape index (κ2) is 4.33. The number of halogens is 1. The van der Waals surface area contributed by atoms with Crippen LogP contribution in [0.4, 0.5) is 10.1 Å². The molecule has 1 fully saturated rings. The molecule has 0 heterocycles. The molecule has 19 heavy (non-hydrogen) atoms. The molecule has 1 aromatic rings. The van der Waals surface area contributed by atoms with Crippen molar-refractivity contribution in [2.24, 2.45) is 17.3 Å². The zero-order valence-corrected chi connectivity index (χ0v) is 11.1. The van der Waals surface area contributed by atoms with E-state index in [2.05, 4.69) is 0 Å². The van der Waals surface area contributed by atoms with Crippen molar-refractivity contribution < 1.29 is 19.1 Å². The Kier molecular flexibility index (Phi) is 3.08. The third-order valence-electron chi connectivity index (χ3n) is 3.89. The topological polar surface area (TPSA) is 57.6 Å². The highest BCUT2D eigenvalue weighted by atomic mass is 19.1. The fraction of sp³-hybridized carbons (Fsp3) is 0.429. The van der Waals surface area contributed by atoms with Gasteiger partial charge in [-0.05, 0) is 23.6 Å². The lowest BCUT2D eigenvalue weighted by atomic mass is 10.1. The van der Waals surface area contributed by atoms with Gasteiger partial charge < -0.3 is 10.0 Å². The highest BCUT2D eigenvalue weighted by molar-refractivity contribution is 6.01. The molecule has 0 saturated heterocycles. The molecule has 2 atom stereocenters. The van der Waals surface area contributed by atoms with E-state index in [1.54, 1.807) is 19.9 Å². The van der Waals surface area contributed by atoms with Gasteiger partial charge in [-0.3, -0.25) is 9.59 Å². The van der Waals surface area contributed by atoms with Crippen molar-refractivity contribution >= 4 is 17.6 Å². The molecule has 5 heteroatoms. The second-order valence-electron chi connectivity index (χ2n) is 5.49. The van der Waals surface area contributed by atoms with Crippen molar-refractivity contribution in [1.29, 1.82) is 0 Å². The van der Waals surface area contributed by atoms with Crippen molar-refractivity contribution in [3.05, 3.63) is 30.1 Å². The van der Waals surface area contributed by atoms with Gasteiger partial charge in [-0.15, -0.1) is 0 Å². The van der Waals surface area contributed by atoms with Gasteiger partial charge in [0, 0.05) is 12.7 Å². The van der Waals surface area contributed by atoms with E-state index >= 15 is 0 Å². The zero-order valence-electron chi connectivity index (χ0n) is 11.1. The number of carbonyl (C=O) groups is 2. The standard InChI is InChI=1S/C14H16FNO3/c1-14(2)10(11(14)13(18)19)12(17)16(3)9-6-4-5-8(15)7-9/h4-7,10-11H,1-3H3,(H,18,19). The van der Waals surface area contributed by atoms with E-state index in [1.807, 2.05) is 0 Å². The van der Waals surface area contributed by atoms with Gasteiger partial charge in [0.25, 0.3) is 0 Å². The predicted molar refractivity (Wildman–Crippen MR) is 68.2 cm³/mol. The molecule has 2 rings (SSSR count). The van der Waals surface area contributed by atoms with E-state index < -0.39 is 29.0 Å². The molecule has 1 amide bonds. The lowest BCUT2D eigenvalue weighted by Crippen LogP contribution is -2.29. The van der Waals surface area contributed by atoms with Gasteiger partial charge in [-0.2, -0.15) is 0 Å². The van der Waals surface area contributed by atoms with Crippen LogP contribution >= 0.6 is 0 Å². The normalized spacial score (nSPS) is 23.8. The summed E-state index contributed by atoms with van der Waals surface area (Å²) < 4.78 is 13.1. The van der Waals surface area contributed by atoms with Crippen LogP contribution in [0.1, 0.15) is 13.8 Å². The monoisotopic (exact) mass is 265 g/mol. The van der Waals surface area contributed by atoms with Crippen LogP contribution in [0.3, 0.4) is 0 Å². The van der Waals surface area contributed by atoms with Crippen LogP contribution in [0, 0.1) is 23.1 Å². The second-order valence-corrected chi connectivity index (χ2v) is 5.49. The van der Waals surface area contributed by atoms with Gasteiger partial charge in [-0.1, -0.05) is 19.9 Å². The molecule has 1 aliphatic carbocycles. The van der Waals surface area contributed by atoms with Gasteiger partial charge in [0.15, 0.2) is 0 Å². The van der Waals surface area contributed by atoms with E-state index in [4.69, 9.17) is 5.11 Å². The maximum atomic E-state index is 13.1. The summed E-state index contributed by atoms with van der Waals surface area (Å²) in [5.41, 5.74) is -0.123. The predicted octanol–water partition coefficient (Wildman–Crippen LogP) is 2.15. The summed E-state index contributed by atoms with van der Waals surface area (Å²) in [6, 6.07) is 5.68. The van der Waals surface area contributed by atoms with E-state index in [1.165, 1.54) is 30.1 Å². The minimum absolute atomic E-state index is 0.289. The SMILES string of the molecule is CN(C(=O)C1C(C(=O)O)C1(C)C)c1cccc(F)c1. The highest BCUT2D eigenvalue weighted by Crippen LogP contribution is 2.59. The van der Waals surface area contributed by atoms with Crippen LogP contribution in [0.5, 0.6) is 0 Å². The quantitative estimate of drug-likeness (QED) is 0.911. The maximum absolute atomic E-state index is 13.1. The highest BCUT2D eigenvalue weighted by Gasteiger charge is 2.66. The number of carboxylic acids is 1. The fourth-order valence-electron chi connectivity index (χ4n) is 2.58. The maximum Gasteiger partial charge on any atom is 0.307 e. The number of amides is 1. The number of carbonyl (C=O) groups excluding carboxylic acids is 1. The smallest absolute Gasteiger partial charge is 0.307 e. The van der Waals surface area contributed by atoms with E-state index in [0.717, 1.165) is 0 Å². The van der Waals surface area contributed by atoms with Crippen LogP contribution < -0.4 is 4.90 Å². The molecule has 0 spiro atoms. The van der Waals surface area contributed by atoms with Crippen molar-refractivity contribution in [3.8, 4) is 0 Å². The number of hydrogen-bond donors (Lipinski definition) is 1. The van der Waals surface area contributed by atoms with Crippen LogP contribution in [-0.4, -0.2) is 24.0 Å². The summed E-state index contributed by atoms with van der Waals surface area (Å²) in [7, 11) is 1.53. The van der Waals surface area contributed by atoms with Crippen molar-refractivity contribution in [2.45, 2.75) is 13.8 Å². The van der Waals surface area contributed by atoms with E-state index in [0.29, 0.717) is 5.69 Å². The average Bonchev–Trinajstić information content (AvgIpc) is 2.90. The summed E-state index contributed by atoms with van der Waals surface area (Å²) in [6.45, 7) is 3.52. The van der Waals surface area contributed by atoms with Gasteiger partial charge in [0.2, 0.25) is 5.91 Å².